The van der Waals surface area contributed by atoms with Crippen LogP contribution in [-0.4, -0.2) is 95.1 Å². The average molecular weight is 546 g/mol. The van der Waals surface area contributed by atoms with E-state index < -0.39 is 59.0 Å². The fourth-order valence-electron chi connectivity index (χ4n) is 4.98. The molecule has 0 bridgehead atoms. The van der Waals surface area contributed by atoms with Gasteiger partial charge in [-0.05, 0) is 52.7 Å². The Morgan fingerprint density at radius 3 is 2.50 bits per heavy atom. The molecule has 0 aliphatic carbocycles. The number of piperidine rings is 1. The van der Waals surface area contributed by atoms with Gasteiger partial charge in [-0.15, -0.1) is 0 Å². The summed E-state index contributed by atoms with van der Waals surface area (Å²) in [5, 5.41) is 19.7. The minimum Gasteiger partial charge on any atom is -0.476 e. The molecule has 1 saturated heterocycles. The van der Waals surface area contributed by atoms with Gasteiger partial charge in [-0.2, -0.15) is 13.2 Å². The molecular weight excluding hydrogens is 511 g/mol. The highest BCUT2D eigenvalue weighted by Gasteiger charge is 2.46. The summed E-state index contributed by atoms with van der Waals surface area (Å²) in [4.78, 5) is 42.0. The third-order valence-corrected chi connectivity index (χ3v) is 6.65. The average Bonchev–Trinajstić information content (AvgIpc) is 2.80. The predicted molar refractivity (Wildman–Crippen MR) is 130 cm³/mol. The summed E-state index contributed by atoms with van der Waals surface area (Å²) in [5.74, 6) is -1.81. The summed E-state index contributed by atoms with van der Waals surface area (Å²) >= 11 is 0. The Labute approximate surface area is 218 Å². The maximum atomic E-state index is 14.3. The number of aliphatic hydroxyl groups excluding tert-OH is 1. The van der Waals surface area contributed by atoms with Crippen molar-refractivity contribution in [1.29, 1.82) is 0 Å². The lowest BCUT2D eigenvalue weighted by Crippen LogP contribution is -2.55. The third-order valence-electron chi connectivity index (χ3n) is 6.65. The molecule has 2 atom stereocenters. The second kappa shape index (κ2) is 11.0. The lowest BCUT2D eigenvalue weighted by molar-refractivity contribution is -0.138. The monoisotopic (exact) mass is 545 g/mol. The molecular formula is C25H34F3N3O7. The summed E-state index contributed by atoms with van der Waals surface area (Å²) in [6.07, 6.45) is -6.38. The van der Waals surface area contributed by atoms with Crippen LogP contribution >= 0.6 is 0 Å². The molecule has 1 fully saturated rings. The molecule has 0 radical (unpaired) electrons. The van der Waals surface area contributed by atoms with Gasteiger partial charge < -0.3 is 34.4 Å². The SMILES string of the molecule is COCC(O)CN1C(=O)C(C)(C)Oc2cc(C(F)(F)F)c(C(=O)N(C(C)C)[C@@H]3CCCN(C(=O)O)C3)cc21. The number of fused-ring (bicyclic) bond motifs is 1. The summed E-state index contributed by atoms with van der Waals surface area (Å²) in [5.41, 5.74) is -3.54. The number of alkyl halides is 3. The van der Waals surface area contributed by atoms with Crippen molar-refractivity contribution in [2.45, 2.75) is 70.5 Å². The highest BCUT2D eigenvalue weighted by Crippen LogP contribution is 2.44. The van der Waals surface area contributed by atoms with E-state index in [-0.39, 0.29) is 37.7 Å². The molecule has 1 aromatic rings. The van der Waals surface area contributed by atoms with E-state index in [0.717, 1.165) is 15.9 Å². The van der Waals surface area contributed by atoms with Gasteiger partial charge in [0.25, 0.3) is 11.8 Å². The minimum absolute atomic E-state index is 0.0311. The lowest BCUT2D eigenvalue weighted by Gasteiger charge is -2.42. The number of anilines is 1. The molecule has 3 rings (SSSR count). The molecule has 2 N–H and O–H groups in total. The molecule has 2 aliphatic rings. The van der Waals surface area contributed by atoms with Crippen LogP contribution in [0.1, 0.15) is 56.5 Å². The number of rotatable bonds is 7. The van der Waals surface area contributed by atoms with Crippen molar-refractivity contribution < 1.29 is 47.2 Å². The number of ether oxygens (including phenoxy) is 2. The lowest BCUT2D eigenvalue weighted by atomic mass is 9.96. The highest BCUT2D eigenvalue weighted by atomic mass is 19.4. The van der Waals surface area contributed by atoms with Crippen molar-refractivity contribution in [3.05, 3.63) is 23.3 Å². The number of aliphatic hydroxyl groups is 1. The van der Waals surface area contributed by atoms with E-state index in [9.17, 15) is 37.8 Å². The van der Waals surface area contributed by atoms with Crippen LogP contribution in [0.25, 0.3) is 0 Å². The number of carboxylic acid groups (broad SMARTS) is 1. The first kappa shape index (κ1) is 29.5. The fourth-order valence-corrected chi connectivity index (χ4v) is 4.98. The van der Waals surface area contributed by atoms with E-state index in [1.807, 2.05) is 0 Å². The molecule has 0 saturated carbocycles. The molecule has 3 amide bonds. The Morgan fingerprint density at radius 2 is 1.95 bits per heavy atom. The molecule has 1 unspecified atom stereocenters. The van der Waals surface area contributed by atoms with Crippen LogP contribution < -0.4 is 9.64 Å². The van der Waals surface area contributed by atoms with Gasteiger partial charge in [-0.25, -0.2) is 4.79 Å². The number of halogens is 3. The fraction of sp³-hybridized carbons (Fsp3) is 0.640. The van der Waals surface area contributed by atoms with Crippen molar-refractivity contribution in [3.8, 4) is 5.75 Å². The van der Waals surface area contributed by atoms with E-state index in [2.05, 4.69) is 0 Å². The predicted octanol–water partition coefficient (Wildman–Crippen LogP) is 3.21. The summed E-state index contributed by atoms with van der Waals surface area (Å²) < 4.78 is 53.4. The van der Waals surface area contributed by atoms with Crippen LogP contribution in [-0.2, 0) is 15.7 Å². The van der Waals surface area contributed by atoms with Gasteiger partial charge in [-0.3, -0.25) is 9.59 Å². The van der Waals surface area contributed by atoms with Gasteiger partial charge in [0.05, 0.1) is 42.1 Å². The van der Waals surface area contributed by atoms with Crippen molar-refractivity contribution in [2.75, 3.05) is 38.3 Å². The molecule has 13 heteroatoms. The summed E-state index contributed by atoms with van der Waals surface area (Å²) in [6.45, 7) is 5.91. The van der Waals surface area contributed by atoms with E-state index in [4.69, 9.17) is 9.47 Å². The van der Waals surface area contributed by atoms with Gasteiger partial charge in [0, 0.05) is 26.2 Å². The zero-order valence-corrected chi connectivity index (χ0v) is 22.0. The first-order valence-electron chi connectivity index (χ1n) is 12.3. The maximum absolute atomic E-state index is 14.3. The van der Waals surface area contributed by atoms with Gasteiger partial charge in [0.2, 0.25) is 0 Å². The van der Waals surface area contributed by atoms with Crippen LogP contribution in [0.5, 0.6) is 5.75 Å². The quantitative estimate of drug-likeness (QED) is 0.540. The van der Waals surface area contributed by atoms with E-state index in [1.54, 1.807) is 13.8 Å². The van der Waals surface area contributed by atoms with E-state index in [0.29, 0.717) is 18.9 Å². The largest absolute Gasteiger partial charge is 0.476 e. The van der Waals surface area contributed by atoms with E-state index >= 15 is 0 Å². The Morgan fingerprint density at radius 1 is 1.29 bits per heavy atom. The van der Waals surface area contributed by atoms with E-state index in [1.165, 1.54) is 25.9 Å². The molecule has 0 spiro atoms. The van der Waals surface area contributed by atoms with Crippen LogP contribution in [0, 0.1) is 0 Å². The van der Waals surface area contributed by atoms with Crippen LogP contribution in [0.2, 0.25) is 0 Å². The Kier molecular flexibility index (Phi) is 8.51. The number of carbonyl (C=O) groups is 3. The zero-order chi connectivity index (χ0) is 28.6. The number of amides is 3. The number of nitrogens with zero attached hydrogens (tertiary/aromatic N) is 3. The Bertz CT molecular complexity index is 1080. The number of carbonyl (C=O) groups excluding carboxylic acids is 2. The second-order valence-electron chi connectivity index (χ2n) is 10.3. The molecule has 212 valence electrons. The molecule has 10 nitrogen and oxygen atoms in total. The van der Waals surface area contributed by atoms with Gasteiger partial charge >= 0.3 is 12.3 Å². The van der Waals surface area contributed by atoms with Crippen molar-refractivity contribution >= 4 is 23.6 Å². The third kappa shape index (κ3) is 5.98. The first-order valence-corrected chi connectivity index (χ1v) is 12.3. The Balaban J connectivity index is 2.14. The normalized spacial score (nSPS) is 20.2. The first-order chi connectivity index (χ1) is 17.6. The molecule has 2 heterocycles. The van der Waals surface area contributed by atoms with Crippen LogP contribution in [0.4, 0.5) is 23.7 Å². The van der Waals surface area contributed by atoms with Gasteiger partial charge in [0.15, 0.2) is 5.60 Å². The van der Waals surface area contributed by atoms with Crippen LogP contribution in [0.3, 0.4) is 0 Å². The topological polar surface area (TPSA) is 120 Å². The van der Waals surface area contributed by atoms with Gasteiger partial charge in [-0.1, -0.05) is 0 Å². The number of hydrogen-bond donors (Lipinski definition) is 2. The number of methoxy groups -OCH3 is 1. The number of likely N-dealkylation sites (tertiary alicyclic amines) is 1. The summed E-state index contributed by atoms with van der Waals surface area (Å²) in [7, 11) is 1.35. The molecule has 1 aromatic carbocycles. The maximum Gasteiger partial charge on any atom is 0.417 e. The molecule has 38 heavy (non-hydrogen) atoms. The molecule has 0 aromatic heterocycles. The van der Waals surface area contributed by atoms with Gasteiger partial charge in [0.1, 0.15) is 5.75 Å². The molecule has 2 aliphatic heterocycles. The summed E-state index contributed by atoms with van der Waals surface area (Å²) in [6, 6.07) is 0.492. The standard InChI is InChI=1S/C25H34F3N3O7/c1-14(2)31(15-7-6-8-29(11-15)23(35)36)21(33)17-9-19-20(10-18(17)25(26,27)28)38-24(3,4)22(34)30(19)12-16(32)13-37-5/h9-10,14-16,32H,6-8,11-13H2,1-5H3,(H,35,36)/t15-,16?/m1/s1. The number of benzene rings is 1. The Hall–Kier alpha value is -3.06. The number of hydrogen-bond acceptors (Lipinski definition) is 6. The highest BCUT2D eigenvalue weighted by molar-refractivity contribution is 6.05. The van der Waals surface area contributed by atoms with Crippen molar-refractivity contribution in [3.63, 3.8) is 0 Å². The van der Waals surface area contributed by atoms with Crippen molar-refractivity contribution in [1.82, 2.24) is 9.80 Å². The van der Waals surface area contributed by atoms with Crippen LogP contribution in [0.15, 0.2) is 12.1 Å². The van der Waals surface area contributed by atoms with Crippen molar-refractivity contribution in [2.24, 2.45) is 0 Å². The minimum atomic E-state index is -4.93. The second-order valence-corrected chi connectivity index (χ2v) is 10.3. The zero-order valence-electron chi connectivity index (χ0n) is 22.0. The smallest absolute Gasteiger partial charge is 0.417 e. The number of β-amino-alcohol motifs (C(OH)–C–C–N with tert-alkyl or cyclic N) is 1.